The van der Waals surface area contributed by atoms with E-state index >= 15 is 0 Å². The second-order valence-electron chi connectivity index (χ2n) is 7.04. The molecule has 0 unspecified atom stereocenters. The van der Waals surface area contributed by atoms with Gasteiger partial charge in [-0.05, 0) is 6.07 Å². The zero-order valence-corrected chi connectivity index (χ0v) is 16.4. The van der Waals surface area contributed by atoms with Gasteiger partial charge in [0, 0.05) is 30.4 Å². The molecule has 0 radical (unpaired) electrons. The predicted octanol–water partition coefficient (Wildman–Crippen LogP) is 3.16. The molecule has 0 aliphatic carbocycles. The maximum Gasteiger partial charge on any atom is 0.275 e. The molecule has 0 spiro atoms. The molecule has 3 rings (SSSR count). The Balaban J connectivity index is 1.90. The topological polar surface area (TPSA) is 77.4 Å². The zero-order valence-electron chi connectivity index (χ0n) is 14.9. The molecule has 0 bridgehead atoms. The molecule has 1 amide bonds. The molecular formula is C17H16ClF3N2O4S. The Morgan fingerprint density at radius 2 is 1.93 bits per heavy atom. The van der Waals surface area contributed by atoms with Crippen LogP contribution >= 0.6 is 11.6 Å². The van der Waals surface area contributed by atoms with Gasteiger partial charge in [-0.3, -0.25) is 4.79 Å². The molecule has 0 saturated carbocycles. The van der Waals surface area contributed by atoms with Gasteiger partial charge in [-0.15, -0.1) is 0 Å². The number of benzene rings is 1. The number of halogens is 4. The van der Waals surface area contributed by atoms with Crippen LogP contribution < -0.4 is 5.32 Å². The number of carbonyl (C=O) groups is 1. The Bertz CT molecular complexity index is 1040. The van der Waals surface area contributed by atoms with Crippen molar-refractivity contribution in [1.82, 2.24) is 4.57 Å². The van der Waals surface area contributed by atoms with Crippen LogP contribution in [0, 0.1) is 22.9 Å². The Hall–Kier alpha value is -2.04. The Kier molecular flexibility index (Phi) is 5.24. The van der Waals surface area contributed by atoms with E-state index < -0.39 is 54.2 Å². The predicted molar refractivity (Wildman–Crippen MR) is 95.7 cm³/mol. The van der Waals surface area contributed by atoms with E-state index in [1.807, 2.05) is 0 Å². The highest BCUT2D eigenvalue weighted by atomic mass is 35.5. The molecular weight excluding hydrogens is 421 g/mol. The summed E-state index contributed by atoms with van der Waals surface area (Å²) in [5.41, 5.74) is -1.40. The number of rotatable bonds is 5. The lowest BCUT2D eigenvalue weighted by molar-refractivity contribution is -0.0870. The van der Waals surface area contributed by atoms with Crippen LogP contribution in [0.15, 0.2) is 23.2 Å². The third-order valence-electron chi connectivity index (χ3n) is 4.32. The van der Waals surface area contributed by atoms with E-state index in [1.54, 1.807) is 6.92 Å². The number of aryl methyl sites for hydroxylation is 1. The van der Waals surface area contributed by atoms with Crippen LogP contribution in [0.25, 0.3) is 0 Å². The summed E-state index contributed by atoms with van der Waals surface area (Å²) in [6.07, 6.45) is 1.00. The van der Waals surface area contributed by atoms with Crippen molar-refractivity contribution >= 4 is 33.0 Å². The quantitative estimate of drug-likeness (QED) is 0.730. The number of nitrogens with zero attached hydrogens (tertiary/aromatic N) is 1. The first kappa shape index (κ1) is 20.7. The lowest BCUT2D eigenvalue weighted by Gasteiger charge is -2.37. The number of anilines is 1. The fraction of sp³-hybridized carbons (Fsp3) is 0.353. The minimum Gasteiger partial charge on any atom is -0.380 e. The number of hydrogen-bond acceptors (Lipinski definition) is 4. The average molecular weight is 437 g/mol. The van der Waals surface area contributed by atoms with Crippen molar-refractivity contribution in [3.05, 3.63) is 46.5 Å². The average Bonchev–Trinajstić information content (AvgIpc) is 2.86. The van der Waals surface area contributed by atoms with E-state index in [1.165, 1.54) is 7.05 Å². The van der Waals surface area contributed by atoms with E-state index in [2.05, 4.69) is 5.32 Å². The molecule has 1 N–H and O–H groups in total. The number of amides is 1. The SMILES string of the molecule is Cn1cc(S(=O)(=O)CC2(C)COC2)c(F)c1C(=O)Nc1cc(F)c(F)c(Cl)c1. The molecule has 2 heterocycles. The monoisotopic (exact) mass is 436 g/mol. The zero-order chi connectivity index (χ0) is 20.9. The standard InChI is InChI=1S/C17H16ClF3N2O4S/c1-17(6-27-7-17)8-28(25,26)12-5-23(2)15(14(12)21)16(24)22-9-3-10(18)13(20)11(19)4-9/h3-5H,6-8H2,1-2H3,(H,22,24). The number of ether oxygens (including phenoxy) is 1. The lowest BCUT2D eigenvalue weighted by atomic mass is 9.92. The van der Waals surface area contributed by atoms with Crippen molar-refractivity contribution in [1.29, 1.82) is 0 Å². The second kappa shape index (κ2) is 7.09. The number of nitrogens with one attached hydrogen (secondary N) is 1. The van der Waals surface area contributed by atoms with Gasteiger partial charge in [0.2, 0.25) is 0 Å². The lowest BCUT2D eigenvalue weighted by Crippen LogP contribution is -2.45. The van der Waals surface area contributed by atoms with Crippen LogP contribution in [0.1, 0.15) is 17.4 Å². The van der Waals surface area contributed by atoms with Gasteiger partial charge in [0.05, 0.1) is 24.0 Å². The summed E-state index contributed by atoms with van der Waals surface area (Å²) in [6, 6.07) is 1.63. The highest BCUT2D eigenvalue weighted by Crippen LogP contribution is 2.32. The van der Waals surface area contributed by atoms with Gasteiger partial charge in [-0.1, -0.05) is 18.5 Å². The van der Waals surface area contributed by atoms with Gasteiger partial charge in [-0.25, -0.2) is 21.6 Å². The molecule has 0 atom stereocenters. The molecule has 11 heteroatoms. The highest BCUT2D eigenvalue weighted by Gasteiger charge is 2.40. The smallest absolute Gasteiger partial charge is 0.275 e. The molecule has 2 aromatic rings. The van der Waals surface area contributed by atoms with Gasteiger partial charge < -0.3 is 14.6 Å². The number of carbonyl (C=O) groups excluding carboxylic acids is 1. The molecule has 28 heavy (non-hydrogen) atoms. The van der Waals surface area contributed by atoms with E-state index in [0.717, 1.165) is 16.8 Å². The molecule has 6 nitrogen and oxygen atoms in total. The number of hydrogen-bond donors (Lipinski definition) is 1. The van der Waals surface area contributed by atoms with E-state index in [-0.39, 0.29) is 24.7 Å². The Morgan fingerprint density at radius 1 is 1.29 bits per heavy atom. The first-order valence-corrected chi connectivity index (χ1v) is 10.1. The molecule has 1 aromatic heterocycles. The largest absolute Gasteiger partial charge is 0.380 e. The molecule has 1 aromatic carbocycles. The van der Waals surface area contributed by atoms with Crippen molar-refractivity contribution in [2.45, 2.75) is 11.8 Å². The first-order chi connectivity index (χ1) is 12.9. The van der Waals surface area contributed by atoms with Crippen molar-refractivity contribution < 1.29 is 31.1 Å². The molecule has 152 valence electrons. The molecule has 1 fully saturated rings. The van der Waals surface area contributed by atoms with E-state index in [0.29, 0.717) is 6.07 Å². The van der Waals surface area contributed by atoms with Crippen LogP contribution in [0.4, 0.5) is 18.9 Å². The number of sulfone groups is 1. The van der Waals surface area contributed by atoms with Crippen LogP contribution in [0.5, 0.6) is 0 Å². The fourth-order valence-corrected chi connectivity index (χ4v) is 5.07. The normalized spacial score (nSPS) is 15.9. The van der Waals surface area contributed by atoms with Gasteiger partial charge in [-0.2, -0.15) is 0 Å². The van der Waals surface area contributed by atoms with Crippen LogP contribution in [-0.2, 0) is 21.6 Å². The minimum absolute atomic E-state index is 0.210. The second-order valence-corrected chi connectivity index (χ2v) is 9.40. The van der Waals surface area contributed by atoms with Gasteiger partial charge in [0.25, 0.3) is 5.91 Å². The van der Waals surface area contributed by atoms with Gasteiger partial charge in [0.15, 0.2) is 27.3 Å². The minimum atomic E-state index is -4.02. The van der Waals surface area contributed by atoms with Crippen LogP contribution in [0.3, 0.4) is 0 Å². The highest BCUT2D eigenvalue weighted by molar-refractivity contribution is 7.91. The summed E-state index contributed by atoms with van der Waals surface area (Å²) >= 11 is 5.52. The Morgan fingerprint density at radius 3 is 2.46 bits per heavy atom. The van der Waals surface area contributed by atoms with Crippen molar-refractivity contribution in [3.63, 3.8) is 0 Å². The molecule has 1 saturated heterocycles. The van der Waals surface area contributed by atoms with Crippen LogP contribution in [-0.4, -0.2) is 37.9 Å². The summed E-state index contributed by atoms with van der Waals surface area (Å²) in [4.78, 5) is 11.8. The third-order valence-corrected chi connectivity index (χ3v) is 6.63. The van der Waals surface area contributed by atoms with Crippen molar-refractivity contribution in [2.75, 3.05) is 24.3 Å². The maximum atomic E-state index is 14.8. The van der Waals surface area contributed by atoms with Gasteiger partial charge in [0.1, 0.15) is 10.6 Å². The summed E-state index contributed by atoms with van der Waals surface area (Å²) in [7, 11) is -2.73. The van der Waals surface area contributed by atoms with Crippen molar-refractivity contribution in [3.8, 4) is 0 Å². The maximum absolute atomic E-state index is 14.8. The first-order valence-electron chi connectivity index (χ1n) is 8.05. The summed E-state index contributed by atoms with van der Waals surface area (Å²) < 4.78 is 72.7. The van der Waals surface area contributed by atoms with Gasteiger partial charge >= 0.3 is 0 Å². The Labute approximate surface area is 164 Å². The van der Waals surface area contributed by atoms with Crippen molar-refractivity contribution in [2.24, 2.45) is 12.5 Å². The molecule has 1 aliphatic rings. The molecule has 1 aliphatic heterocycles. The summed E-state index contributed by atoms with van der Waals surface area (Å²) in [5.74, 6) is -5.18. The van der Waals surface area contributed by atoms with E-state index in [9.17, 15) is 26.4 Å². The summed E-state index contributed by atoms with van der Waals surface area (Å²) in [5, 5.41) is 1.61. The summed E-state index contributed by atoms with van der Waals surface area (Å²) in [6.45, 7) is 2.19. The third kappa shape index (κ3) is 3.76. The fourth-order valence-electron chi connectivity index (χ4n) is 2.93. The van der Waals surface area contributed by atoms with E-state index in [4.69, 9.17) is 16.3 Å². The van der Waals surface area contributed by atoms with Crippen LogP contribution in [0.2, 0.25) is 5.02 Å². The number of aromatic nitrogens is 1.